The third kappa shape index (κ3) is 4.74. The number of esters is 1. The van der Waals surface area contributed by atoms with Crippen LogP contribution in [-0.2, 0) is 19.0 Å². The number of ether oxygens (including phenoxy) is 5. The van der Waals surface area contributed by atoms with Crippen LogP contribution >= 0.6 is 0 Å². The first-order valence-corrected chi connectivity index (χ1v) is 12.6. The topological polar surface area (TPSA) is 254 Å². The summed E-state index contributed by atoms with van der Waals surface area (Å²) in [5.41, 5.74) is -0.148. The molecule has 2 fully saturated rings. The number of nitrogens with one attached hydrogen (secondary N) is 1. The molecule has 12 unspecified atom stereocenters. The lowest BCUT2D eigenvalue weighted by molar-refractivity contribution is -0.310. The van der Waals surface area contributed by atoms with Gasteiger partial charge in [-0.3, -0.25) is 9.59 Å². The molecule has 4 aliphatic rings. The summed E-state index contributed by atoms with van der Waals surface area (Å²) in [4.78, 5) is 25.8. The molecule has 1 aromatic carbocycles. The fourth-order valence-electron chi connectivity index (χ4n) is 5.59. The molecule has 1 aromatic rings. The molecule has 1 saturated carbocycles. The molecule has 9 N–H and O–H groups in total. The van der Waals surface area contributed by atoms with E-state index in [1.165, 1.54) is 13.0 Å². The summed E-state index contributed by atoms with van der Waals surface area (Å²) in [6.45, 7) is 0.512. The molecule has 222 valence electrons. The van der Waals surface area contributed by atoms with Crippen molar-refractivity contribution < 1.29 is 74.1 Å². The molecule has 16 heteroatoms. The van der Waals surface area contributed by atoms with Crippen LogP contribution in [0.5, 0.6) is 17.2 Å². The van der Waals surface area contributed by atoms with E-state index < -0.39 is 104 Å². The molecular formula is C24H31NO15. The molecule has 3 aliphatic heterocycles. The van der Waals surface area contributed by atoms with Gasteiger partial charge in [0.2, 0.25) is 12.5 Å². The highest BCUT2D eigenvalue weighted by Crippen LogP contribution is 2.50. The quantitative estimate of drug-likeness (QED) is 0.147. The van der Waals surface area contributed by atoms with E-state index in [9.17, 15) is 50.4 Å². The predicted molar refractivity (Wildman–Crippen MR) is 125 cm³/mol. The van der Waals surface area contributed by atoms with Gasteiger partial charge >= 0.3 is 5.97 Å². The van der Waals surface area contributed by atoms with Gasteiger partial charge in [-0.25, -0.2) is 0 Å². The average molecular weight is 574 g/mol. The van der Waals surface area contributed by atoms with E-state index in [0.29, 0.717) is 0 Å². The maximum Gasteiger partial charge on any atom is 0.308 e. The van der Waals surface area contributed by atoms with Gasteiger partial charge in [0.1, 0.15) is 48.8 Å². The van der Waals surface area contributed by atoms with Gasteiger partial charge in [0.05, 0.1) is 30.7 Å². The van der Waals surface area contributed by atoms with Crippen LogP contribution in [0.15, 0.2) is 6.07 Å². The molecular weight excluding hydrogens is 542 g/mol. The van der Waals surface area contributed by atoms with E-state index in [-0.39, 0.29) is 29.4 Å². The summed E-state index contributed by atoms with van der Waals surface area (Å²) >= 11 is 0. The van der Waals surface area contributed by atoms with E-state index in [1.807, 2.05) is 0 Å². The Kier molecular flexibility index (Phi) is 7.81. The van der Waals surface area contributed by atoms with Crippen LogP contribution in [-0.4, -0.2) is 133 Å². The van der Waals surface area contributed by atoms with Gasteiger partial charge in [-0.15, -0.1) is 0 Å². The third-order valence-corrected chi connectivity index (χ3v) is 7.63. The minimum atomic E-state index is -1.81. The van der Waals surface area contributed by atoms with E-state index >= 15 is 0 Å². The van der Waals surface area contributed by atoms with Crippen molar-refractivity contribution in [1.29, 1.82) is 0 Å². The highest BCUT2D eigenvalue weighted by Gasteiger charge is 2.56. The highest BCUT2D eigenvalue weighted by atomic mass is 16.7. The van der Waals surface area contributed by atoms with Crippen LogP contribution in [0.1, 0.15) is 35.2 Å². The maximum atomic E-state index is 12.9. The lowest BCUT2D eigenvalue weighted by atomic mass is 9.70. The molecule has 0 aromatic heterocycles. The number of benzene rings is 1. The minimum Gasteiger partial charge on any atom is -0.504 e. The fraction of sp³-hybridized carbons (Fsp3) is 0.667. The third-order valence-electron chi connectivity index (χ3n) is 7.63. The van der Waals surface area contributed by atoms with E-state index in [1.54, 1.807) is 0 Å². The molecule has 1 aliphatic carbocycles. The Morgan fingerprint density at radius 2 is 1.75 bits per heavy atom. The number of rotatable bonds is 6. The molecule has 1 saturated heterocycles. The summed E-state index contributed by atoms with van der Waals surface area (Å²) in [5.74, 6) is -3.40. The Labute approximate surface area is 226 Å². The Morgan fingerprint density at radius 1 is 1.05 bits per heavy atom. The van der Waals surface area contributed by atoms with Gasteiger partial charge in [0, 0.05) is 5.92 Å². The first-order valence-electron chi connectivity index (χ1n) is 12.6. The van der Waals surface area contributed by atoms with Crippen molar-refractivity contribution in [2.75, 3.05) is 13.4 Å². The van der Waals surface area contributed by atoms with Crippen molar-refractivity contribution >= 4 is 11.9 Å². The lowest BCUT2D eigenvalue weighted by Crippen LogP contribution is -2.67. The van der Waals surface area contributed by atoms with Crippen LogP contribution in [0.25, 0.3) is 0 Å². The zero-order chi connectivity index (χ0) is 29.0. The normalized spacial score (nSPS) is 39.1. The van der Waals surface area contributed by atoms with Gasteiger partial charge in [-0.05, 0) is 18.6 Å². The van der Waals surface area contributed by atoms with Crippen molar-refractivity contribution in [1.82, 2.24) is 5.32 Å². The predicted octanol–water partition coefficient (Wildman–Crippen LogP) is -4.08. The summed E-state index contributed by atoms with van der Waals surface area (Å²) in [7, 11) is 0. The number of aliphatic hydroxyl groups is 7. The number of aromatic hydroxyl groups is 1. The van der Waals surface area contributed by atoms with E-state index in [0.717, 1.165) is 0 Å². The van der Waals surface area contributed by atoms with Crippen molar-refractivity contribution in [3.8, 4) is 17.2 Å². The second kappa shape index (κ2) is 10.9. The number of carbonyl (C=O) groups excluding carboxylic acids is 2. The fourth-order valence-corrected chi connectivity index (χ4v) is 5.59. The number of phenolic OH excluding ortho intramolecular Hbond substituents is 1. The van der Waals surface area contributed by atoms with Crippen molar-refractivity contribution in [3.05, 3.63) is 17.2 Å². The summed E-state index contributed by atoms with van der Waals surface area (Å²) in [5, 5.41) is 84.4. The van der Waals surface area contributed by atoms with Gasteiger partial charge in [0.25, 0.3) is 5.91 Å². The summed E-state index contributed by atoms with van der Waals surface area (Å²) in [6.07, 6.45) is -16.0. The number of hydrogen-bond donors (Lipinski definition) is 9. The SMILES string of the molecule is CC(CC(=O)OC1C(O)C(O)C(O)C2NC(=O)c3c(cc4c(c3O)OCO4)C21)OC1OC(CO)C(O)C(O)C1O. The zero-order valence-electron chi connectivity index (χ0n) is 21.1. The Morgan fingerprint density at radius 3 is 2.45 bits per heavy atom. The summed E-state index contributed by atoms with van der Waals surface area (Å²) in [6, 6.07) is 0.148. The lowest BCUT2D eigenvalue weighted by Gasteiger charge is -2.48. The second-order valence-electron chi connectivity index (χ2n) is 10.2. The van der Waals surface area contributed by atoms with E-state index in [4.69, 9.17) is 23.7 Å². The molecule has 0 radical (unpaired) electrons. The maximum absolute atomic E-state index is 12.9. The Hall–Kier alpha value is -2.80. The van der Waals surface area contributed by atoms with Crippen molar-refractivity contribution in [3.63, 3.8) is 0 Å². The van der Waals surface area contributed by atoms with Gasteiger partial charge in [-0.2, -0.15) is 0 Å². The summed E-state index contributed by atoms with van der Waals surface area (Å²) < 4.78 is 26.8. The zero-order valence-corrected chi connectivity index (χ0v) is 21.1. The van der Waals surface area contributed by atoms with Crippen LogP contribution < -0.4 is 14.8 Å². The Bertz CT molecular complexity index is 1150. The number of hydrogen-bond acceptors (Lipinski definition) is 15. The molecule has 1 amide bonds. The molecule has 0 bridgehead atoms. The highest BCUT2D eigenvalue weighted by molar-refractivity contribution is 6.01. The Balaban J connectivity index is 1.35. The first-order chi connectivity index (χ1) is 18.9. The second-order valence-corrected chi connectivity index (χ2v) is 10.2. The molecule has 40 heavy (non-hydrogen) atoms. The van der Waals surface area contributed by atoms with E-state index in [2.05, 4.69) is 5.32 Å². The largest absolute Gasteiger partial charge is 0.504 e. The number of carbonyl (C=O) groups is 2. The van der Waals surface area contributed by atoms with Crippen molar-refractivity contribution in [2.45, 2.75) is 86.5 Å². The number of fused-ring (bicyclic) bond motifs is 4. The monoisotopic (exact) mass is 573 g/mol. The number of aliphatic hydroxyl groups excluding tert-OH is 7. The molecule has 3 heterocycles. The molecule has 16 nitrogen and oxygen atoms in total. The van der Waals surface area contributed by atoms with Crippen LogP contribution in [0.2, 0.25) is 0 Å². The van der Waals surface area contributed by atoms with Crippen LogP contribution in [0.4, 0.5) is 0 Å². The first kappa shape index (κ1) is 28.7. The van der Waals surface area contributed by atoms with Gasteiger partial charge in [0.15, 0.2) is 17.8 Å². The molecule has 0 spiro atoms. The van der Waals surface area contributed by atoms with Crippen molar-refractivity contribution in [2.24, 2.45) is 0 Å². The smallest absolute Gasteiger partial charge is 0.308 e. The average Bonchev–Trinajstić information content (AvgIpc) is 3.39. The van der Waals surface area contributed by atoms with Gasteiger partial charge in [-0.1, -0.05) is 0 Å². The standard InChI is InChI=1S/C24H31NO15/c1-6(38-24-20(34)17(31)14(28)9(4-26)39-24)2-10(27)40-22-11-7-3-8-21(37-5-36-8)15(29)12(7)23(35)25-13(11)16(30)18(32)19(22)33/h3,6,9,11,13-14,16-20,22,24,26,28-34H,2,4-5H2,1H3,(H,25,35). The molecule has 12 atom stereocenters. The minimum absolute atomic E-state index is 0.0722. The number of phenols is 1. The van der Waals surface area contributed by atoms with Gasteiger partial charge < -0.3 is 69.9 Å². The van der Waals surface area contributed by atoms with Crippen LogP contribution in [0, 0.1) is 0 Å². The number of amides is 1. The molecule has 5 rings (SSSR count). The van der Waals surface area contributed by atoms with Crippen LogP contribution in [0.3, 0.4) is 0 Å².